The number of halogens is 1. The third-order valence-electron chi connectivity index (χ3n) is 3.23. The molecule has 98 valence electrons. The minimum atomic E-state index is -0.628. The predicted molar refractivity (Wildman–Crippen MR) is 70.6 cm³/mol. The molecule has 1 aliphatic carbocycles. The highest BCUT2D eigenvalue weighted by atomic mass is 35.5. The van der Waals surface area contributed by atoms with Gasteiger partial charge in [-0.05, 0) is 18.9 Å². The second-order valence-electron chi connectivity index (χ2n) is 4.53. The normalized spacial score (nSPS) is 14.6. The zero-order chi connectivity index (χ0) is 13.6. The van der Waals surface area contributed by atoms with Gasteiger partial charge in [0.25, 0.3) is 0 Å². The number of hydrogen-bond donors (Lipinski definition) is 0. The van der Waals surface area contributed by atoms with Crippen LogP contribution in [0.5, 0.6) is 0 Å². The van der Waals surface area contributed by atoms with Gasteiger partial charge < -0.3 is 9.30 Å². The topological polar surface area (TPSA) is 61.2 Å². The highest BCUT2D eigenvalue weighted by Gasteiger charge is 2.27. The van der Waals surface area contributed by atoms with E-state index in [1.807, 2.05) is 4.57 Å². The van der Waals surface area contributed by atoms with Gasteiger partial charge in [0.1, 0.15) is 10.7 Å². The van der Waals surface area contributed by atoms with Crippen LogP contribution in [0.25, 0.3) is 10.9 Å². The lowest BCUT2D eigenvalue weighted by Gasteiger charge is -2.11. The Morgan fingerprint density at radius 1 is 1.53 bits per heavy atom. The summed E-state index contributed by atoms with van der Waals surface area (Å²) < 4.78 is 6.56. The van der Waals surface area contributed by atoms with Crippen LogP contribution in [0.2, 0.25) is 5.15 Å². The second kappa shape index (κ2) is 4.35. The molecule has 2 aromatic rings. The number of aromatic nitrogens is 2. The number of ether oxygens (including phenoxy) is 1. The molecule has 1 fully saturated rings. The van der Waals surface area contributed by atoms with Gasteiger partial charge in [0, 0.05) is 18.4 Å². The first-order valence-corrected chi connectivity index (χ1v) is 6.28. The van der Waals surface area contributed by atoms with Crippen LogP contribution in [-0.2, 0) is 4.74 Å². The molecular formula is C13H11ClN2O3. The van der Waals surface area contributed by atoms with E-state index in [2.05, 4.69) is 9.72 Å². The Bertz CT molecular complexity index is 734. The fourth-order valence-electron chi connectivity index (χ4n) is 2.13. The van der Waals surface area contributed by atoms with Crippen molar-refractivity contribution in [3.63, 3.8) is 0 Å². The van der Waals surface area contributed by atoms with Gasteiger partial charge in [-0.1, -0.05) is 11.6 Å². The number of methoxy groups -OCH3 is 1. The lowest BCUT2D eigenvalue weighted by Crippen LogP contribution is -2.20. The van der Waals surface area contributed by atoms with E-state index in [1.54, 1.807) is 12.3 Å². The standard InChI is InChI=1S/C13H11ClN2O3/c1-19-13(18)9-6-16(7-2-3-7)10-4-11(14)15-5-8(10)12(9)17/h4-7H,2-3H2,1H3. The van der Waals surface area contributed by atoms with Crippen molar-refractivity contribution in [2.45, 2.75) is 18.9 Å². The van der Waals surface area contributed by atoms with Gasteiger partial charge in [0.2, 0.25) is 5.43 Å². The summed E-state index contributed by atoms with van der Waals surface area (Å²) in [7, 11) is 1.26. The number of carbonyl (C=O) groups is 1. The van der Waals surface area contributed by atoms with Crippen molar-refractivity contribution >= 4 is 28.5 Å². The molecule has 0 amide bonds. The van der Waals surface area contributed by atoms with Crippen molar-refractivity contribution in [2.75, 3.05) is 7.11 Å². The Kier molecular flexibility index (Phi) is 2.78. The Morgan fingerprint density at radius 2 is 2.26 bits per heavy atom. The first-order chi connectivity index (χ1) is 9.11. The van der Waals surface area contributed by atoms with Crippen LogP contribution in [0.1, 0.15) is 29.2 Å². The number of hydrogen-bond acceptors (Lipinski definition) is 4. The average Bonchev–Trinajstić information content (AvgIpc) is 3.22. The minimum Gasteiger partial charge on any atom is -0.465 e. The van der Waals surface area contributed by atoms with E-state index in [0.29, 0.717) is 22.1 Å². The van der Waals surface area contributed by atoms with Crippen LogP contribution in [0.3, 0.4) is 0 Å². The summed E-state index contributed by atoms with van der Waals surface area (Å²) in [5.74, 6) is -0.628. The molecule has 19 heavy (non-hydrogen) atoms. The summed E-state index contributed by atoms with van der Waals surface area (Å²) in [5, 5.41) is 0.714. The fourth-order valence-corrected chi connectivity index (χ4v) is 2.28. The van der Waals surface area contributed by atoms with E-state index in [9.17, 15) is 9.59 Å². The highest BCUT2D eigenvalue weighted by Crippen LogP contribution is 2.37. The summed E-state index contributed by atoms with van der Waals surface area (Å²) in [6.45, 7) is 0. The molecule has 2 aromatic heterocycles. The SMILES string of the molecule is COC(=O)c1cn(C2CC2)c2cc(Cl)ncc2c1=O. The fraction of sp³-hybridized carbons (Fsp3) is 0.308. The lowest BCUT2D eigenvalue weighted by atomic mass is 10.2. The van der Waals surface area contributed by atoms with E-state index in [1.165, 1.54) is 13.3 Å². The monoisotopic (exact) mass is 278 g/mol. The van der Waals surface area contributed by atoms with Crippen LogP contribution in [0, 0.1) is 0 Å². The minimum absolute atomic E-state index is 0.0334. The zero-order valence-corrected chi connectivity index (χ0v) is 11.0. The van der Waals surface area contributed by atoms with Gasteiger partial charge in [-0.15, -0.1) is 0 Å². The van der Waals surface area contributed by atoms with E-state index in [4.69, 9.17) is 11.6 Å². The van der Waals surface area contributed by atoms with Crippen molar-refractivity contribution in [1.29, 1.82) is 0 Å². The third kappa shape index (κ3) is 2.00. The zero-order valence-electron chi connectivity index (χ0n) is 10.2. The van der Waals surface area contributed by atoms with Gasteiger partial charge in [-0.3, -0.25) is 4.79 Å². The van der Waals surface area contributed by atoms with Gasteiger partial charge >= 0.3 is 5.97 Å². The van der Waals surface area contributed by atoms with Crippen LogP contribution < -0.4 is 5.43 Å². The summed E-state index contributed by atoms with van der Waals surface area (Å²) in [6, 6.07) is 1.96. The van der Waals surface area contributed by atoms with Crippen molar-refractivity contribution < 1.29 is 9.53 Å². The first kappa shape index (κ1) is 12.2. The van der Waals surface area contributed by atoms with E-state index < -0.39 is 5.97 Å². The molecule has 0 radical (unpaired) electrons. The van der Waals surface area contributed by atoms with Gasteiger partial charge in [-0.25, -0.2) is 9.78 Å². The van der Waals surface area contributed by atoms with Crippen LogP contribution >= 0.6 is 11.6 Å². The highest BCUT2D eigenvalue weighted by molar-refractivity contribution is 6.30. The van der Waals surface area contributed by atoms with Gasteiger partial charge in [0.05, 0.1) is 18.0 Å². The number of fused-ring (bicyclic) bond motifs is 1. The van der Waals surface area contributed by atoms with Crippen molar-refractivity contribution in [1.82, 2.24) is 9.55 Å². The maximum atomic E-state index is 12.2. The molecule has 2 heterocycles. The molecule has 0 aliphatic heterocycles. The molecule has 1 saturated carbocycles. The van der Waals surface area contributed by atoms with Gasteiger partial charge in [-0.2, -0.15) is 0 Å². The van der Waals surface area contributed by atoms with Crippen LogP contribution in [0.4, 0.5) is 0 Å². The van der Waals surface area contributed by atoms with Crippen molar-refractivity contribution in [3.8, 4) is 0 Å². The Labute approximate surface area is 113 Å². The average molecular weight is 279 g/mol. The Balaban J connectivity index is 2.37. The lowest BCUT2D eigenvalue weighted by molar-refractivity contribution is 0.0598. The number of nitrogens with zero attached hydrogens (tertiary/aromatic N) is 2. The number of esters is 1. The molecule has 0 spiro atoms. The van der Waals surface area contributed by atoms with E-state index in [0.717, 1.165) is 12.8 Å². The third-order valence-corrected chi connectivity index (χ3v) is 3.44. The Hall–Kier alpha value is -1.88. The maximum absolute atomic E-state index is 12.2. The molecule has 0 bridgehead atoms. The van der Waals surface area contributed by atoms with Crippen LogP contribution in [-0.4, -0.2) is 22.6 Å². The maximum Gasteiger partial charge on any atom is 0.343 e. The first-order valence-electron chi connectivity index (χ1n) is 5.90. The Morgan fingerprint density at radius 3 is 2.89 bits per heavy atom. The number of carbonyl (C=O) groups excluding carboxylic acids is 1. The number of pyridine rings is 2. The van der Waals surface area contributed by atoms with E-state index in [-0.39, 0.29) is 11.0 Å². The summed E-state index contributed by atoms with van der Waals surface area (Å²) in [4.78, 5) is 27.8. The summed E-state index contributed by atoms with van der Waals surface area (Å²) >= 11 is 5.88. The van der Waals surface area contributed by atoms with Crippen molar-refractivity contribution in [2.24, 2.45) is 0 Å². The van der Waals surface area contributed by atoms with E-state index >= 15 is 0 Å². The molecule has 5 nitrogen and oxygen atoms in total. The molecule has 6 heteroatoms. The summed E-state index contributed by atoms with van der Waals surface area (Å²) in [5.41, 5.74) is 0.370. The molecule has 0 N–H and O–H groups in total. The number of rotatable bonds is 2. The summed E-state index contributed by atoms with van der Waals surface area (Å²) in [6.07, 6.45) is 5.02. The molecular weight excluding hydrogens is 268 g/mol. The molecule has 0 unspecified atom stereocenters. The quantitative estimate of drug-likeness (QED) is 0.624. The molecule has 1 aliphatic rings. The second-order valence-corrected chi connectivity index (χ2v) is 4.91. The van der Waals surface area contributed by atoms with Gasteiger partial charge in [0.15, 0.2) is 0 Å². The largest absolute Gasteiger partial charge is 0.465 e. The molecule has 0 atom stereocenters. The predicted octanol–water partition coefficient (Wildman–Crippen LogP) is 2.17. The smallest absolute Gasteiger partial charge is 0.343 e. The molecule has 0 saturated heterocycles. The molecule has 0 aromatic carbocycles. The van der Waals surface area contributed by atoms with Crippen molar-refractivity contribution in [3.05, 3.63) is 39.4 Å². The molecule has 3 rings (SSSR count). The van der Waals surface area contributed by atoms with Crippen LogP contribution in [0.15, 0.2) is 23.3 Å².